The molecule has 0 fully saturated rings. The molecule has 0 spiro atoms. The van der Waals surface area contributed by atoms with E-state index in [1.54, 1.807) is 14.0 Å². The Morgan fingerprint density at radius 1 is 1.32 bits per heavy atom. The van der Waals surface area contributed by atoms with Gasteiger partial charge in [0.05, 0.1) is 10.5 Å². The van der Waals surface area contributed by atoms with Crippen LogP contribution in [0.25, 0.3) is 0 Å². The van der Waals surface area contributed by atoms with E-state index in [4.69, 9.17) is 5.11 Å². The van der Waals surface area contributed by atoms with Crippen LogP contribution in [0.2, 0.25) is 0 Å². The Morgan fingerprint density at radius 3 is 2.58 bits per heavy atom. The maximum absolute atomic E-state index is 12.0. The molecule has 3 N–H and O–H groups in total. The average molecular weight is 286 g/mol. The molecule has 0 aromatic heterocycles. The van der Waals surface area contributed by atoms with E-state index in [0.29, 0.717) is 25.1 Å². The summed E-state index contributed by atoms with van der Waals surface area (Å²) in [4.78, 5) is 10.9. The summed E-state index contributed by atoms with van der Waals surface area (Å²) in [6.07, 6.45) is 0.660. The lowest BCUT2D eigenvalue weighted by molar-refractivity contribution is 0.0696. The zero-order valence-corrected chi connectivity index (χ0v) is 11.8. The lowest BCUT2D eigenvalue weighted by Crippen LogP contribution is -2.27. The molecule has 6 nitrogen and oxygen atoms in total. The molecule has 1 aromatic carbocycles. The summed E-state index contributed by atoms with van der Waals surface area (Å²) in [7, 11) is -1.87. The smallest absolute Gasteiger partial charge is 0.335 e. The van der Waals surface area contributed by atoms with Crippen LogP contribution in [0.1, 0.15) is 22.3 Å². The number of benzene rings is 1. The number of nitrogens with one attached hydrogen (secondary N) is 2. The zero-order chi connectivity index (χ0) is 14.5. The Kier molecular flexibility index (Phi) is 5.46. The quantitative estimate of drug-likeness (QED) is 0.637. The molecule has 0 heterocycles. The Morgan fingerprint density at radius 2 is 2.00 bits per heavy atom. The number of carbonyl (C=O) groups is 1. The van der Waals surface area contributed by atoms with Crippen molar-refractivity contribution in [1.82, 2.24) is 10.0 Å². The van der Waals surface area contributed by atoms with Crippen molar-refractivity contribution < 1.29 is 18.3 Å². The summed E-state index contributed by atoms with van der Waals surface area (Å²) in [5.41, 5.74) is 0.528. The maximum Gasteiger partial charge on any atom is 0.335 e. The topological polar surface area (TPSA) is 95.5 Å². The van der Waals surface area contributed by atoms with Gasteiger partial charge in [0.2, 0.25) is 10.0 Å². The van der Waals surface area contributed by atoms with E-state index >= 15 is 0 Å². The zero-order valence-electron chi connectivity index (χ0n) is 10.9. The SMILES string of the molecule is CNCCCNS(=O)(=O)c1ccc(C)c(C(=O)O)c1. The third-order valence-electron chi connectivity index (χ3n) is 2.65. The summed E-state index contributed by atoms with van der Waals surface area (Å²) in [5.74, 6) is -1.13. The van der Waals surface area contributed by atoms with E-state index in [2.05, 4.69) is 10.0 Å². The minimum Gasteiger partial charge on any atom is -0.478 e. The highest BCUT2D eigenvalue weighted by Gasteiger charge is 2.16. The molecular weight excluding hydrogens is 268 g/mol. The lowest BCUT2D eigenvalue weighted by atomic mass is 10.1. The number of aryl methyl sites for hydroxylation is 1. The number of hydrogen-bond acceptors (Lipinski definition) is 4. The van der Waals surface area contributed by atoms with Crippen LogP contribution in [0.3, 0.4) is 0 Å². The van der Waals surface area contributed by atoms with Gasteiger partial charge in [-0.2, -0.15) is 0 Å². The molecule has 1 aromatic rings. The molecule has 0 unspecified atom stereocenters. The van der Waals surface area contributed by atoms with Crippen molar-refractivity contribution in [3.63, 3.8) is 0 Å². The Bertz CT molecular complexity index is 555. The van der Waals surface area contributed by atoms with Gasteiger partial charge in [-0.3, -0.25) is 0 Å². The van der Waals surface area contributed by atoms with Crippen molar-refractivity contribution >= 4 is 16.0 Å². The summed E-state index contributed by atoms with van der Waals surface area (Å²) < 4.78 is 26.3. The van der Waals surface area contributed by atoms with Crippen molar-refractivity contribution in [2.75, 3.05) is 20.1 Å². The van der Waals surface area contributed by atoms with Gasteiger partial charge in [0.25, 0.3) is 0 Å². The first-order chi connectivity index (χ1) is 8.88. The molecular formula is C12H18N2O4S. The van der Waals surface area contributed by atoms with Gasteiger partial charge in [-0.25, -0.2) is 17.9 Å². The molecule has 0 atom stereocenters. The van der Waals surface area contributed by atoms with E-state index in [1.807, 2.05) is 0 Å². The third-order valence-corrected chi connectivity index (χ3v) is 4.10. The second-order valence-corrected chi connectivity index (χ2v) is 5.90. The maximum atomic E-state index is 12.0. The second kappa shape index (κ2) is 6.65. The molecule has 0 radical (unpaired) electrons. The first-order valence-corrected chi connectivity index (χ1v) is 7.35. The summed E-state index contributed by atoms with van der Waals surface area (Å²) >= 11 is 0. The average Bonchev–Trinajstić information content (AvgIpc) is 2.34. The number of rotatable bonds is 7. The summed E-state index contributed by atoms with van der Waals surface area (Å²) in [6.45, 7) is 2.64. The van der Waals surface area contributed by atoms with Gasteiger partial charge in [-0.15, -0.1) is 0 Å². The Balaban J connectivity index is 2.89. The first kappa shape index (κ1) is 15.6. The van der Waals surface area contributed by atoms with Crippen LogP contribution >= 0.6 is 0 Å². The molecule has 0 aliphatic rings. The predicted molar refractivity (Wildman–Crippen MR) is 71.9 cm³/mol. The summed E-state index contributed by atoms with van der Waals surface area (Å²) in [5, 5.41) is 11.9. The fraction of sp³-hybridized carbons (Fsp3) is 0.417. The molecule has 0 amide bonds. The van der Waals surface area contributed by atoms with E-state index in [1.165, 1.54) is 18.2 Å². The predicted octanol–water partition coefficient (Wildman–Crippen LogP) is 0.581. The van der Waals surface area contributed by atoms with Crippen LogP contribution in [0.15, 0.2) is 23.1 Å². The van der Waals surface area contributed by atoms with Gasteiger partial charge >= 0.3 is 5.97 Å². The van der Waals surface area contributed by atoms with Crippen LogP contribution in [0.5, 0.6) is 0 Å². The van der Waals surface area contributed by atoms with E-state index in [9.17, 15) is 13.2 Å². The number of carboxylic acid groups (broad SMARTS) is 1. The molecule has 1 rings (SSSR count). The summed E-state index contributed by atoms with van der Waals surface area (Å²) in [6, 6.07) is 4.08. The highest BCUT2D eigenvalue weighted by molar-refractivity contribution is 7.89. The monoisotopic (exact) mass is 286 g/mol. The van der Waals surface area contributed by atoms with E-state index < -0.39 is 16.0 Å². The number of carboxylic acids is 1. The van der Waals surface area contributed by atoms with Crippen molar-refractivity contribution in [3.8, 4) is 0 Å². The standard InChI is InChI=1S/C12H18N2O4S/c1-9-4-5-10(8-11(9)12(15)16)19(17,18)14-7-3-6-13-2/h4-5,8,13-14H,3,6-7H2,1-2H3,(H,15,16). The van der Waals surface area contributed by atoms with Crippen molar-refractivity contribution in [1.29, 1.82) is 0 Å². The largest absolute Gasteiger partial charge is 0.478 e. The van der Waals surface area contributed by atoms with Crippen molar-refractivity contribution in [2.24, 2.45) is 0 Å². The number of hydrogen-bond donors (Lipinski definition) is 3. The second-order valence-electron chi connectivity index (χ2n) is 4.14. The van der Waals surface area contributed by atoms with E-state index in [-0.39, 0.29) is 10.5 Å². The molecule has 19 heavy (non-hydrogen) atoms. The molecule has 0 aliphatic heterocycles. The van der Waals surface area contributed by atoms with Crippen LogP contribution < -0.4 is 10.0 Å². The van der Waals surface area contributed by atoms with Crippen molar-refractivity contribution in [2.45, 2.75) is 18.2 Å². The van der Waals surface area contributed by atoms with Crippen LogP contribution in [0.4, 0.5) is 0 Å². The van der Waals surface area contributed by atoms with Gasteiger partial charge < -0.3 is 10.4 Å². The van der Waals surface area contributed by atoms with Gasteiger partial charge in [-0.1, -0.05) is 6.07 Å². The molecule has 106 valence electrons. The Labute approximate surface area is 112 Å². The van der Waals surface area contributed by atoms with Gasteiger partial charge in [-0.05, 0) is 44.6 Å². The van der Waals surface area contributed by atoms with Crippen molar-refractivity contribution in [3.05, 3.63) is 29.3 Å². The highest BCUT2D eigenvalue weighted by atomic mass is 32.2. The normalized spacial score (nSPS) is 11.5. The molecule has 0 aliphatic carbocycles. The number of aromatic carboxylic acids is 1. The minimum absolute atomic E-state index is 0.00176. The minimum atomic E-state index is -3.65. The third kappa shape index (κ3) is 4.30. The van der Waals surface area contributed by atoms with Gasteiger partial charge in [0.1, 0.15) is 0 Å². The molecule has 0 saturated carbocycles. The van der Waals surface area contributed by atoms with Crippen LogP contribution in [-0.2, 0) is 10.0 Å². The van der Waals surface area contributed by atoms with Gasteiger partial charge in [0.15, 0.2) is 0 Å². The fourth-order valence-corrected chi connectivity index (χ4v) is 2.65. The molecule has 0 bridgehead atoms. The molecule has 0 saturated heterocycles. The fourth-order valence-electron chi connectivity index (χ4n) is 1.55. The Hall–Kier alpha value is -1.44. The van der Waals surface area contributed by atoms with Crippen LogP contribution in [-0.4, -0.2) is 39.6 Å². The first-order valence-electron chi connectivity index (χ1n) is 5.86. The lowest BCUT2D eigenvalue weighted by Gasteiger charge is -2.08. The molecule has 7 heteroatoms. The van der Waals surface area contributed by atoms with Crippen LogP contribution in [0, 0.1) is 6.92 Å². The van der Waals surface area contributed by atoms with E-state index in [0.717, 1.165) is 0 Å². The number of sulfonamides is 1. The highest BCUT2D eigenvalue weighted by Crippen LogP contribution is 2.15. The van der Waals surface area contributed by atoms with Gasteiger partial charge in [0, 0.05) is 6.54 Å².